The predicted molar refractivity (Wildman–Crippen MR) is 53.5 cm³/mol. The lowest BCUT2D eigenvalue weighted by Crippen LogP contribution is -1.90. The molecule has 0 aromatic carbocycles. The fourth-order valence-electron chi connectivity index (χ4n) is 0.888. The normalized spacial score (nSPS) is 11.8. The topological polar surface area (TPSA) is 103 Å². The number of aliphatic imine (C=N–C) groups is 2. The summed E-state index contributed by atoms with van der Waals surface area (Å²) in [6, 6.07) is 0. The SMILES string of the molecule is C(=NCCN=Cc1conn1)c1conn1. The van der Waals surface area contributed by atoms with Crippen molar-refractivity contribution >= 4 is 12.4 Å². The van der Waals surface area contributed by atoms with E-state index in [0.717, 1.165) is 0 Å². The Kier molecular flexibility index (Phi) is 3.48. The van der Waals surface area contributed by atoms with Gasteiger partial charge < -0.3 is 9.05 Å². The molecule has 0 aliphatic rings. The fourth-order valence-corrected chi connectivity index (χ4v) is 0.888. The van der Waals surface area contributed by atoms with Gasteiger partial charge in [-0.15, -0.1) is 10.2 Å². The van der Waals surface area contributed by atoms with E-state index in [9.17, 15) is 0 Å². The Balaban J connectivity index is 1.69. The van der Waals surface area contributed by atoms with Gasteiger partial charge in [0.25, 0.3) is 0 Å². The lowest BCUT2D eigenvalue weighted by Gasteiger charge is -1.86. The first-order valence-electron chi connectivity index (χ1n) is 4.49. The summed E-state index contributed by atoms with van der Waals surface area (Å²) in [5.74, 6) is 0. The molecule has 0 unspecified atom stereocenters. The molecule has 2 heterocycles. The molecular formula is C8H8N6O2. The molecule has 8 heteroatoms. The standard InChI is InChI=1S/C8H8N6O2/c1(9-3-7-5-15-13-11-7)2-10-4-8-6-16-14-12-8/h3-6H,1-2H2. The summed E-state index contributed by atoms with van der Waals surface area (Å²) in [6.07, 6.45) is 5.97. The molecule has 0 amide bonds. The second kappa shape index (κ2) is 5.49. The van der Waals surface area contributed by atoms with Crippen molar-refractivity contribution in [2.24, 2.45) is 9.98 Å². The van der Waals surface area contributed by atoms with Crippen LogP contribution in [0, 0.1) is 0 Å². The molecule has 0 N–H and O–H groups in total. The molecule has 0 aliphatic heterocycles. The van der Waals surface area contributed by atoms with Gasteiger partial charge in [0.2, 0.25) is 0 Å². The highest BCUT2D eigenvalue weighted by molar-refractivity contribution is 5.76. The first-order valence-corrected chi connectivity index (χ1v) is 4.49. The highest BCUT2D eigenvalue weighted by atomic mass is 16.5. The molecule has 0 atom stereocenters. The van der Waals surface area contributed by atoms with E-state index in [1.54, 1.807) is 12.4 Å². The van der Waals surface area contributed by atoms with Gasteiger partial charge >= 0.3 is 0 Å². The molecule has 16 heavy (non-hydrogen) atoms. The van der Waals surface area contributed by atoms with Crippen LogP contribution in [0.25, 0.3) is 0 Å². The number of aromatic nitrogens is 4. The van der Waals surface area contributed by atoms with Crippen LogP contribution in [0.4, 0.5) is 0 Å². The van der Waals surface area contributed by atoms with Gasteiger partial charge in [-0.1, -0.05) is 0 Å². The average Bonchev–Trinajstić information content (AvgIpc) is 2.96. The maximum absolute atomic E-state index is 4.53. The molecular weight excluding hydrogens is 212 g/mol. The third-order valence-corrected chi connectivity index (χ3v) is 1.56. The van der Waals surface area contributed by atoms with Crippen molar-refractivity contribution in [3.05, 3.63) is 23.9 Å². The molecule has 8 nitrogen and oxygen atoms in total. The third kappa shape index (κ3) is 3.08. The van der Waals surface area contributed by atoms with Crippen molar-refractivity contribution in [2.45, 2.75) is 0 Å². The van der Waals surface area contributed by atoms with Gasteiger partial charge in [-0.05, 0) is 0 Å². The molecule has 0 spiro atoms. The molecule has 0 saturated heterocycles. The van der Waals surface area contributed by atoms with E-state index in [-0.39, 0.29) is 0 Å². The van der Waals surface area contributed by atoms with Gasteiger partial charge in [-0.25, -0.2) is 0 Å². The summed E-state index contributed by atoms with van der Waals surface area (Å²) < 4.78 is 9.07. The van der Waals surface area contributed by atoms with Gasteiger partial charge in [0, 0.05) is 10.5 Å². The van der Waals surface area contributed by atoms with E-state index in [2.05, 4.69) is 39.8 Å². The van der Waals surface area contributed by atoms with E-state index in [4.69, 9.17) is 0 Å². The van der Waals surface area contributed by atoms with Gasteiger partial charge in [0.1, 0.15) is 11.4 Å². The molecule has 0 aliphatic carbocycles. The van der Waals surface area contributed by atoms with Gasteiger partial charge in [0.15, 0.2) is 12.5 Å². The predicted octanol–water partition coefficient (Wildman–Crippen LogP) is -0.00940. The van der Waals surface area contributed by atoms with Crippen LogP contribution in [-0.4, -0.2) is 46.3 Å². The van der Waals surface area contributed by atoms with Crippen LogP contribution in [0.3, 0.4) is 0 Å². The zero-order chi connectivity index (χ0) is 11.1. The molecule has 0 bridgehead atoms. The molecule has 0 saturated carbocycles. The molecule has 82 valence electrons. The first-order chi connectivity index (χ1) is 7.95. The van der Waals surface area contributed by atoms with Crippen LogP contribution < -0.4 is 0 Å². The highest BCUT2D eigenvalue weighted by Gasteiger charge is 1.91. The highest BCUT2D eigenvalue weighted by Crippen LogP contribution is 1.87. The van der Waals surface area contributed by atoms with Crippen LogP contribution in [0.1, 0.15) is 11.4 Å². The Hall–Kier alpha value is -2.38. The zero-order valence-electron chi connectivity index (χ0n) is 8.22. The van der Waals surface area contributed by atoms with Crippen molar-refractivity contribution in [3.8, 4) is 0 Å². The minimum Gasteiger partial charge on any atom is -0.345 e. The van der Waals surface area contributed by atoms with E-state index in [1.807, 2.05) is 0 Å². The Labute approximate surface area is 90.0 Å². The lowest BCUT2D eigenvalue weighted by atomic mass is 10.5. The molecule has 0 radical (unpaired) electrons. The lowest BCUT2D eigenvalue weighted by molar-refractivity contribution is 0.392. The second-order valence-electron chi connectivity index (χ2n) is 2.73. The summed E-state index contributed by atoms with van der Waals surface area (Å²) >= 11 is 0. The minimum atomic E-state index is 0.550. The summed E-state index contributed by atoms with van der Waals surface area (Å²) in [7, 11) is 0. The van der Waals surface area contributed by atoms with Gasteiger partial charge in [-0.2, -0.15) is 0 Å². The van der Waals surface area contributed by atoms with Gasteiger partial charge in [0.05, 0.1) is 25.5 Å². The number of nitrogens with zero attached hydrogens (tertiary/aromatic N) is 6. The minimum absolute atomic E-state index is 0.550. The first kappa shape index (κ1) is 10.1. The van der Waals surface area contributed by atoms with Gasteiger partial charge in [-0.3, -0.25) is 9.98 Å². The van der Waals surface area contributed by atoms with Crippen LogP contribution in [-0.2, 0) is 0 Å². The van der Waals surface area contributed by atoms with Crippen LogP contribution >= 0.6 is 0 Å². The molecule has 2 aromatic heterocycles. The van der Waals surface area contributed by atoms with E-state index >= 15 is 0 Å². The van der Waals surface area contributed by atoms with Crippen molar-refractivity contribution < 1.29 is 9.05 Å². The number of rotatable bonds is 5. The summed E-state index contributed by atoms with van der Waals surface area (Å²) in [4.78, 5) is 8.14. The molecule has 0 fully saturated rings. The Morgan fingerprint density at radius 2 is 1.44 bits per heavy atom. The summed E-state index contributed by atoms with van der Waals surface area (Å²) in [5.41, 5.74) is 1.18. The maximum Gasteiger partial charge on any atom is 0.153 e. The number of hydrogen-bond acceptors (Lipinski definition) is 8. The monoisotopic (exact) mass is 220 g/mol. The Morgan fingerprint density at radius 1 is 0.938 bits per heavy atom. The summed E-state index contributed by atoms with van der Waals surface area (Å²) in [5, 5.41) is 13.9. The van der Waals surface area contributed by atoms with E-state index < -0.39 is 0 Å². The average molecular weight is 220 g/mol. The quantitative estimate of drug-likeness (QED) is 0.518. The maximum atomic E-state index is 4.53. The van der Waals surface area contributed by atoms with Crippen molar-refractivity contribution in [1.82, 2.24) is 20.7 Å². The Morgan fingerprint density at radius 3 is 1.81 bits per heavy atom. The second-order valence-corrected chi connectivity index (χ2v) is 2.73. The number of hydrogen-bond donors (Lipinski definition) is 0. The third-order valence-electron chi connectivity index (χ3n) is 1.56. The zero-order valence-corrected chi connectivity index (χ0v) is 8.22. The molecule has 2 rings (SSSR count). The largest absolute Gasteiger partial charge is 0.345 e. The van der Waals surface area contributed by atoms with Crippen molar-refractivity contribution in [2.75, 3.05) is 13.1 Å². The van der Waals surface area contributed by atoms with Crippen LogP contribution in [0.2, 0.25) is 0 Å². The van der Waals surface area contributed by atoms with Crippen LogP contribution in [0.5, 0.6) is 0 Å². The summed E-state index contributed by atoms with van der Waals surface area (Å²) in [6.45, 7) is 1.10. The van der Waals surface area contributed by atoms with Crippen LogP contribution in [0.15, 0.2) is 31.6 Å². The van der Waals surface area contributed by atoms with E-state index in [1.165, 1.54) is 12.5 Å². The molecule has 2 aromatic rings. The smallest absolute Gasteiger partial charge is 0.153 e. The fraction of sp³-hybridized carbons (Fsp3) is 0.250. The van der Waals surface area contributed by atoms with Crippen molar-refractivity contribution in [1.29, 1.82) is 0 Å². The van der Waals surface area contributed by atoms with Crippen molar-refractivity contribution in [3.63, 3.8) is 0 Å². The van der Waals surface area contributed by atoms with E-state index in [0.29, 0.717) is 24.5 Å². The Bertz CT molecular complexity index is 403.